The largest absolute Gasteiger partial charge is 0.271 e. The van der Waals surface area contributed by atoms with Crippen molar-refractivity contribution in [3.63, 3.8) is 0 Å². The van der Waals surface area contributed by atoms with Gasteiger partial charge in [0.15, 0.2) is 0 Å². The lowest BCUT2D eigenvalue weighted by Gasteiger charge is -2.22. The number of halogens is 1. The molecule has 17 heavy (non-hydrogen) atoms. The average molecular weight is 299 g/mol. The Labute approximate surface area is 113 Å². The van der Waals surface area contributed by atoms with Gasteiger partial charge in [0, 0.05) is 10.5 Å². The van der Waals surface area contributed by atoms with Gasteiger partial charge in [-0.1, -0.05) is 54.8 Å². The molecular weight excluding hydrogens is 276 g/mol. The maximum absolute atomic E-state index is 5.70. The summed E-state index contributed by atoms with van der Waals surface area (Å²) in [4.78, 5) is 0. The van der Waals surface area contributed by atoms with Gasteiger partial charge in [0.1, 0.15) is 0 Å². The van der Waals surface area contributed by atoms with Gasteiger partial charge in [-0.05, 0) is 36.5 Å². The third kappa shape index (κ3) is 4.09. The summed E-state index contributed by atoms with van der Waals surface area (Å²) in [5.41, 5.74) is 5.47. The van der Waals surface area contributed by atoms with E-state index in [1.165, 1.54) is 24.0 Å². The molecule has 96 valence electrons. The molecule has 0 aromatic heterocycles. The second-order valence-corrected chi connectivity index (χ2v) is 5.52. The first kappa shape index (κ1) is 14.7. The van der Waals surface area contributed by atoms with Crippen LogP contribution in [-0.2, 0) is 0 Å². The van der Waals surface area contributed by atoms with Gasteiger partial charge in [-0.15, -0.1) is 0 Å². The molecular formula is C14H23BrN2. The summed E-state index contributed by atoms with van der Waals surface area (Å²) in [7, 11) is 0. The van der Waals surface area contributed by atoms with Crippen molar-refractivity contribution in [2.24, 2.45) is 11.8 Å². The highest BCUT2D eigenvalue weighted by Crippen LogP contribution is 2.30. The molecule has 1 rings (SSSR count). The molecule has 0 aliphatic heterocycles. The van der Waals surface area contributed by atoms with Crippen LogP contribution in [0.25, 0.3) is 0 Å². The highest BCUT2D eigenvalue weighted by molar-refractivity contribution is 9.10. The van der Waals surface area contributed by atoms with Gasteiger partial charge in [0.05, 0.1) is 0 Å². The molecule has 0 amide bonds. The lowest BCUT2D eigenvalue weighted by Crippen LogP contribution is -2.29. The Morgan fingerprint density at radius 2 is 1.94 bits per heavy atom. The normalized spacial score (nSPS) is 13.1. The number of aryl methyl sites for hydroxylation is 1. The van der Waals surface area contributed by atoms with E-state index in [4.69, 9.17) is 5.84 Å². The topological polar surface area (TPSA) is 38.0 Å². The fourth-order valence-corrected chi connectivity index (χ4v) is 2.92. The van der Waals surface area contributed by atoms with Gasteiger partial charge in [-0.25, -0.2) is 0 Å². The monoisotopic (exact) mass is 298 g/mol. The molecule has 0 aliphatic rings. The van der Waals surface area contributed by atoms with Crippen molar-refractivity contribution >= 4 is 15.9 Å². The molecule has 0 aliphatic carbocycles. The minimum absolute atomic E-state index is 0.231. The van der Waals surface area contributed by atoms with Crippen molar-refractivity contribution in [2.45, 2.75) is 46.1 Å². The molecule has 1 aromatic rings. The number of hydrogen-bond acceptors (Lipinski definition) is 2. The molecule has 1 aromatic carbocycles. The van der Waals surface area contributed by atoms with E-state index in [0.717, 1.165) is 16.8 Å². The molecule has 3 heteroatoms. The Kier molecular flexibility index (Phi) is 6.17. The van der Waals surface area contributed by atoms with Crippen molar-refractivity contribution in [1.82, 2.24) is 5.43 Å². The van der Waals surface area contributed by atoms with Gasteiger partial charge in [0.2, 0.25) is 0 Å². The molecule has 0 saturated carbocycles. The van der Waals surface area contributed by atoms with Gasteiger partial charge in [0.25, 0.3) is 0 Å². The van der Waals surface area contributed by atoms with Gasteiger partial charge >= 0.3 is 0 Å². The zero-order chi connectivity index (χ0) is 12.8. The fourth-order valence-electron chi connectivity index (χ4n) is 2.15. The zero-order valence-corrected chi connectivity index (χ0v) is 12.5. The maximum Gasteiger partial charge on any atom is 0.0473 e. The first-order valence-electron chi connectivity index (χ1n) is 6.34. The van der Waals surface area contributed by atoms with Crippen molar-refractivity contribution in [1.29, 1.82) is 0 Å². The average Bonchev–Trinajstić information content (AvgIpc) is 2.32. The summed E-state index contributed by atoms with van der Waals surface area (Å²) >= 11 is 3.63. The molecule has 1 atom stereocenters. The number of nitrogens with two attached hydrogens (primary N) is 1. The summed E-state index contributed by atoms with van der Waals surface area (Å²) in [6.45, 7) is 6.58. The van der Waals surface area contributed by atoms with E-state index in [1.54, 1.807) is 0 Å². The van der Waals surface area contributed by atoms with E-state index in [2.05, 4.69) is 60.3 Å². The van der Waals surface area contributed by atoms with E-state index in [-0.39, 0.29) is 6.04 Å². The van der Waals surface area contributed by atoms with Crippen molar-refractivity contribution in [3.8, 4) is 0 Å². The van der Waals surface area contributed by atoms with E-state index in [1.807, 2.05) is 0 Å². The number of hydrazine groups is 1. The molecule has 3 N–H and O–H groups in total. The molecule has 0 fully saturated rings. The summed E-state index contributed by atoms with van der Waals surface area (Å²) < 4.78 is 1.14. The van der Waals surface area contributed by atoms with Crippen LogP contribution in [0.2, 0.25) is 0 Å². The quantitative estimate of drug-likeness (QED) is 0.613. The van der Waals surface area contributed by atoms with E-state index in [0.29, 0.717) is 0 Å². The Morgan fingerprint density at radius 3 is 2.41 bits per heavy atom. The van der Waals surface area contributed by atoms with Crippen LogP contribution in [0.1, 0.15) is 50.3 Å². The van der Waals surface area contributed by atoms with Crippen LogP contribution in [-0.4, -0.2) is 0 Å². The second-order valence-electron chi connectivity index (χ2n) is 4.66. The zero-order valence-electron chi connectivity index (χ0n) is 11.0. The van der Waals surface area contributed by atoms with Gasteiger partial charge < -0.3 is 0 Å². The molecule has 0 radical (unpaired) electrons. The third-order valence-electron chi connectivity index (χ3n) is 3.46. The highest BCUT2D eigenvalue weighted by Gasteiger charge is 2.17. The molecule has 2 nitrogen and oxygen atoms in total. The minimum atomic E-state index is 0.231. The number of hydrogen-bond donors (Lipinski definition) is 2. The predicted molar refractivity (Wildman–Crippen MR) is 77.6 cm³/mol. The van der Waals surface area contributed by atoms with Crippen LogP contribution in [0.3, 0.4) is 0 Å². The minimum Gasteiger partial charge on any atom is -0.271 e. The second kappa shape index (κ2) is 7.14. The first-order valence-corrected chi connectivity index (χ1v) is 7.13. The molecule has 0 spiro atoms. The van der Waals surface area contributed by atoms with Crippen LogP contribution in [0.4, 0.5) is 0 Å². The molecule has 0 heterocycles. The van der Waals surface area contributed by atoms with Crippen LogP contribution in [0.5, 0.6) is 0 Å². The number of benzene rings is 1. The van der Waals surface area contributed by atoms with Gasteiger partial charge in [-0.3, -0.25) is 11.3 Å². The van der Waals surface area contributed by atoms with E-state index < -0.39 is 0 Å². The molecule has 0 bridgehead atoms. The Morgan fingerprint density at radius 1 is 1.29 bits per heavy atom. The van der Waals surface area contributed by atoms with Crippen LogP contribution in [0, 0.1) is 12.8 Å². The van der Waals surface area contributed by atoms with Crippen LogP contribution in [0.15, 0.2) is 22.7 Å². The Hall–Kier alpha value is -0.380. The standard InChI is InChI=1S/C14H23BrN2/c1-4-11(5-2)9-14(17-16)12-7-6-10(3)8-13(12)15/h6-8,11,14,17H,4-5,9,16H2,1-3H3. The van der Waals surface area contributed by atoms with Gasteiger partial charge in [-0.2, -0.15) is 0 Å². The van der Waals surface area contributed by atoms with E-state index in [9.17, 15) is 0 Å². The lowest BCUT2D eigenvalue weighted by molar-refractivity contribution is 0.374. The number of nitrogens with one attached hydrogen (secondary N) is 1. The Balaban J connectivity index is 2.85. The van der Waals surface area contributed by atoms with E-state index >= 15 is 0 Å². The fraction of sp³-hybridized carbons (Fsp3) is 0.571. The van der Waals surface area contributed by atoms with Crippen LogP contribution < -0.4 is 11.3 Å². The van der Waals surface area contributed by atoms with Crippen molar-refractivity contribution in [3.05, 3.63) is 33.8 Å². The maximum atomic E-state index is 5.70. The third-order valence-corrected chi connectivity index (χ3v) is 4.14. The lowest BCUT2D eigenvalue weighted by atomic mass is 9.91. The molecule has 0 saturated heterocycles. The number of rotatable bonds is 6. The predicted octanol–water partition coefficient (Wildman–Crippen LogP) is 4.09. The van der Waals surface area contributed by atoms with Crippen molar-refractivity contribution in [2.75, 3.05) is 0 Å². The highest BCUT2D eigenvalue weighted by atomic mass is 79.9. The SMILES string of the molecule is CCC(CC)CC(NN)c1ccc(C)cc1Br. The smallest absolute Gasteiger partial charge is 0.0473 e. The summed E-state index contributed by atoms with van der Waals surface area (Å²) in [6, 6.07) is 6.67. The van der Waals surface area contributed by atoms with Crippen molar-refractivity contribution < 1.29 is 0 Å². The summed E-state index contributed by atoms with van der Waals surface area (Å²) in [6.07, 6.45) is 3.50. The molecule has 1 unspecified atom stereocenters. The Bertz CT molecular complexity index is 348. The summed E-state index contributed by atoms with van der Waals surface area (Å²) in [5, 5.41) is 0. The first-order chi connectivity index (χ1) is 8.12. The summed E-state index contributed by atoms with van der Waals surface area (Å²) in [5.74, 6) is 6.42. The van der Waals surface area contributed by atoms with Crippen LogP contribution >= 0.6 is 15.9 Å².